The molecule has 2 aromatic carbocycles. The topological polar surface area (TPSA) is 22.1 Å². The van der Waals surface area contributed by atoms with Crippen LogP contribution in [-0.2, 0) is 4.65 Å². The smallest absolute Gasteiger partial charge is 0.505 e. The van der Waals surface area contributed by atoms with Gasteiger partial charge in [0.25, 0.3) is 0 Å². The summed E-state index contributed by atoms with van der Waals surface area (Å²) < 4.78 is 30.2. The van der Waals surface area contributed by atoms with Gasteiger partial charge in [-0.2, -0.15) is 0 Å². The normalized spacial score (nSPS) is 11.5. The molecule has 2 nitrogen and oxygen atoms in total. The molecule has 0 N–H and O–H groups in total. The van der Waals surface area contributed by atoms with Gasteiger partial charge in [-0.15, -0.1) is 0 Å². The molecule has 0 saturated carbocycles. The SMILES string of the molecule is Cc1cccc(/C(=C\c2ccc3ccccc3n2)OB(F)F)c1. The summed E-state index contributed by atoms with van der Waals surface area (Å²) >= 11 is 0. The van der Waals surface area contributed by atoms with Gasteiger partial charge in [0, 0.05) is 17.0 Å². The second-order valence-corrected chi connectivity index (χ2v) is 5.19. The third kappa shape index (κ3) is 3.75. The molecular weight excluding hydrogens is 295 g/mol. The van der Waals surface area contributed by atoms with Crippen molar-refractivity contribution in [2.24, 2.45) is 0 Å². The van der Waals surface area contributed by atoms with Crippen molar-refractivity contribution in [1.29, 1.82) is 0 Å². The lowest BCUT2D eigenvalue weighted by atomic mass is 10.1. The van der Waals surface area contributed by atoms with Crippen molar-refractivity contribution in [2.75, 3.05) is 0 Å². The summed E-state index contributed by atoms with van der Waals surface area (Å²) in [7, 11) is -2.89. The van der Waals surface area contributed by atoms with E-state index in [0.717, 1.165) is 16.5 Å². The highest BCUT2D eigenvalue weighted by molar-refractivity contribution is 6.36. The van der Waals surface area contributed by atoms with E-state index in [1.165, 1.54) is 6.08 Å². The van der Waals surface area contributed by atoms with Gasteiger partial charge in [0.05, 0.1) is 11.2 Å². The molecule has 0 atom stereocenters. The molecule has 0 aliphatic heterocycles. The van der Waals surface area contributed by atoms with Crippen molar-refractivity contribution in [2.45, 2.75) is 6.92 Å². The third-order valence-electron chi connectivity index (χ3n) is 3.42. The zero-order valence-corrected chi connectivity index (χ0v) is 12.5. The number of pyridine rings is 1. The van der Waals surface area contributed by atoms with E-state index in [9.17, 15) is 8.63 Å². The predicted molar refractivity (Wildman–Crippen MR) is 89.8 cm³/mol. The Morgan fingerprint density at radius 1 is 1.04 bits per heavy atom. The Morgan fingerprint density at radius 3 is 2.65 bits per heavy atom. The molecule has 0 fully saturated rings. The molecule has 0 aliphatic rings. The van der Waals surface area contributed by atoms with Gasteiger partial charge in [0.15, 0.2) is 0 Å². The van der Waals surface area contributed by atoms with Crippen LogP contribution in [0.1, 0.15) is 16.8 Å². The number of benzene rings is 2. The Balaban J connectivity index is 2.05. The number of nitrogens with zero attached hydrogens (tertiary/aromatic N) is 1. The number of fused-ring (bicyclic) bond motifs is 1. The van der Waals surface area contributed by atoms with Gasteiger partial charge in [-0.3, -0.25) is 0 Å². The van der Waals surface area contributed by atoms with Crippen LogP contribution in [0.5, 0.6) is 0 Å². The molecule has 0 radical (unpaired) electrons. The first-order valence-corrected chi connectivity index (χ1v) is 7.21. The molecular formula is C18H14BF2NO. The quantitative estimate of drug-likeness (QED) is 0.501. The summed E-state index contributed by atoms with van der Waals surface area (Å²) in [6, 6.07) is 18.6. The number of para-hydroxylation sites is 1. The first kappa shape index (κ1) is 15.2. The molecule has 1 heterocycles. The number of aryl methyl sites for hydroxylation is 1. The van der Waals surface area contributed by atoms with Crippen molar-refractivity contribution in [3.63, 3.8) is 0 Å². The summed E-state index contributed by atoms with van der Waals surface area (Å²) in [5.41, 5.74) is 2.95. The Hall–Kier alpha value is -2.69. The molecule has 0 bridgehead atoms. The lowest BCUT2D eigenvalue weighted by molar-refractivity contribution is 0.398. The highest BCUT2D eigenvalue weighted by Gasteiger charge is 2.20. The second kappa shape index (κ2) is 6.61. The van der Waals surface area contributed by atoms with E-state index in [1.807, 2.05) is 43.3 Å². The predicted octanol–water partition coefficient (Wildman–Crippen LogP) is 4.98. The Labute approximate surface area is 133 Å². The van der Waals surface area contributed by atoms with E-state index in [2.05, 4.69) is 4.98 Å². The highest BCUT2D eigenvalue weighted by Crippen LogP contribution is 2.22. The maximum Gasteiger partial charge on any atom is 0.796 e. The Morgan fingerprint density at radius 2 is 1.87 bits per heavy atom. The number of hydrogen-bond acceptors (Lipinski definition) is 2. The minimum Gasteiger partial charge on any atom is -0.505 e. The summed E-state index contributed by atoms with van der Waals surface area (Å²) in [5.74, 6) is 0.103. The fourth-order valence-corrected chi connectivity index (χ4v) is 2.38. The lowest BCUT2D eigenvalue weighted by Crippen LogP contribution is -2.04. The molecule has 5 heteroatoms. The minimum atomic E-state index is -2.89. The third-order valence-corrected chi connectivity index (χ3v) is 3.42. The zero-order valence-electron chi connectivity index (χ0n) is 12.5. The van der Waals surface area contributed by atoms with Crippen molar-refractivity contribution < 1.29 is 13.3 Å². The highest BCUT2D eigenvalue weighted by atomic mass is 19.2. The van der Waals surface area contributed by atoms with E-state index < -0.39 is 7.47 Å². The van der Waals surface area contributed by atoms with Gasteiger partial charge in [-0.05, 0) is 25.1 Å². The molecule has 0 aliphatic carbocycles. The van der Waals surface area contributed by atoms with Crippen LogP contribution in [0.4, 0.5) is 8.63 Å². The zero-order chi connectivity index (χ0) is 16.2. The minimum absolute atomic E-state index is 0.103. The summed E-state index contributed by atoms with van der Waals surface area (Å²) in [6.45, 7) is 1.90. The van der Waals surface area contributed by atoms with Crippen LogP contribution in [0.25, 0.3) is 22.7 Å². The van der Waals surface area contributed by atoms with Gasteiger partial charge in [0.1, 0.15) is 5.76 Å². The largest absolute Gasteiger partial charge is 0.796 e. The van der Waals surface area contributed by atoms with Crippen molar-refractivity contribution >= 4 is 30.2 Å². The van der Waals surface area contributed by atoms with E-state index in [0.29, 0.717) is 11.3 Å². The average molecular weight is 309 g/mol. The van der Waals surface area contributed by atoms with Gasteiger partial charge in [-0.1, -0.05) is 48.0 Å². The maximum absolute atomic E-state index is 12.7. The van der Waals surface area contributed by atoms with Gasteiger partial charge in [-0.25, -0.2) is 13.6 Å². The van der Waals surface area contributed by atoms with Crippen LogP contribution in [0.2, 0.25) is 0 Å². The maximum atomic E-state index is 12.7. The Kier molecular flexibility index (Phi) is 4.37. The standard InChI is InChI=1S/C18H14BF2NO/c1-13-5-4-7-15(11-13)18(23-19(20)21)12-16-10-9-14-6-2-3-8-17(14)22-16/h2-12H,1H3/b18-12+. The second-order valence-electron chi connectivity index (χ2n) is 5.19. The van der Waals surface area contributed by atoms with E-state index in [-0.39, 0.29) is 5.76 Å². The van der Waals surface area contributed by atoms with Crippen LogP contribution < -0.4 is 0 Å². The summed E-state index contributed by atoms with van der Waals surface area (Å²) in [4.78, 5) is 4.47. The fraction of sp³-hybridized carbons (Fsp3) is 0.0556. The molecule has 0 saturated heterocycles. The lowest BCUT2D eigenvalue weighted by Gasteiger charge is -2.10. The number of hydrogen-bond donors (Lipinski definition) is 0. The number of rotatable bonds is 4. The van der Waals surface area contributed by atoms with Crippen LogP contribution in [0.3, 0.4) is 0 Å². The van der Waals surface area contributed by atoms with Gasteiger partial charge in [0.2, 0.25) is 0 Å². The van der Waals surface area contributed by atoms with E-state index in [4.69, 9.17) is 4.65 Å². The molecule has 0 amide bonds. The van der Waals surface area contributed by atoms with Gasteiger partial charge >= 0.3 is 7.47 Å². The number of aromatic nitrogens is 1. The fourth-order valence-electron chi connectivity index (χ4n) is 2.38. The van der Waals surface area contributed by atoms with E-state index in [1.54, 1.807) is 24.3 Å². The first-order chi connectivity index (χ1) is 11.1. The molecule has 1 aromatic heterocycles. The van der Waals surface area contributed by atoms with Crippen molar-refractivity contribution in [3.8, 4) is 0 Å². The van der Waals surface area contributed by atoms with Crippen LogP contribution in [0, 0.1) is 6.92 Å². The van der Waals surface area contributed by atoms with Crippen molar-refractivity contribution in [1.82, 2.24) is 4.98 Å². The molecule has 3 aromatic rings. The summed E-state index contributed by atoms with van der Waals surface area (Å²) in [5, 5.41) is 0.997. The average Bonchev–Trinajstić information content (AvgIpc) is 2.54. The monoisotopic (exact) mass is 309 g/mol. The van der Waals surface area contributed by atoms with Crippen LogP contribution in [0.15, 0.2) is 60.7 Å². The summed E-state index contributed by atoms with van der Waals surface area (Å²) in [6.07, 6.45) is 1.54. The van der Waals surface area contributed by atoms with Gasteiger partial charge < -0.3 is 4.65 Å². The number of halogens is 2. The van der Waals surface area contributed by atoms with Crippen LogP contribution >= 0.6 is 0 Å². The molecule has 3 rings (SSSR count). The molecule has 0 unspecified atom stereocenters. The van der Waals surface area contributed by atoms with E-state index >= 15 is 0 Å². The molecule has 0 spiro atoms. The molecule has 23 heavy (non-hydrogen) atoms. The molecule has 114 valence electrons. The Bertz CT molecular complexity index is 864. The van der Waals surface area contributed by atoms with Crippen LogP contribution in [-0.4, -0.2) is 12.5 Å². The first-order valence-electron chi connectivity index (χ1n) is 7.21. The van der Waals surface area contributed by atoms with Crippen molar-refractivity contribution in [3.05, 3.63) is 77.5 Å².